The van der Waals surface area contributed by atoms with Crippen molar-refractivity contribution in [3.63, 3.8) is 0 Å². The third-order valence-corrected chi connectivity index (χ3v) is 5.15. The molecule has 0 saturated heterocycles. The Hall–Kier alpha value is -0.990. The Balaban J connectivity index is 1.97. The number of rotatable bonds is 7. The summed E-state index contributed by atoms with van der Waals surface area (Å²) in [5.74, 6) is 2.10. The highest BCUT2D eigenvalue weighted by Crippen LogP contribution is 2.23. The Morgan fingerprint density at radius 3 is 2.30 bits per heavy atom. The van der Waals surface area contributed by atoms with E-state index in [1.54, 1.807) is 7.11 Å². The number of hydrogen-bond donors (Lipinski definition) is 0. The minimum atomic E-state index is 0.494. The van der Waals surface area contributed by atoms with Gasteiger partial charge < -0.3 is 4.74 Å². The SMILES string of the molecule is CCc1ccc(CC(CCl)Cc2ccc(OC)cc2)s1. The first kappa shape index (κ1) is 15.4. The highest BCUT2D eigenvalue weighted by Gasteiger charge is 2.11. The molecule has 1 atom stereocenters. The first-order chi connectivity index (χ1) is 9.75. The highest BCUT2D eigenvalue weighted by atomic mass is 35.5. The van der Waals surface area contributed by atoms with Crippen molar-refractivity contribution in [3.8, 4) is 5.75 Å². The summed E-state index contributed by atoms with van der Waals surface area (Å²) in [4.78, 5) is 2.90. The monoisotopic (exact) mass is 308 g/mol. The van der Waals surface area contributed by atoms with E-state index in [4.69, 9.17) is 16.3 Å². The van der Waals surface area contributed by atoms with Crippen molar-refractivity contribution in [1.29, 1.82) is 0 Å². The molecule has 20 heavy (non-hydrogen) atoms. The lowest BCUT2D eigenvalue weighted by Gasteiger charge is -2.13. The molecule has 1 nitrogen and oxygen atoms in total. The molecule has 0 N–H and O–H groups in total. The normalized spacial score (nSPS) is 12.3. The van der Waals surface area contributed by atoms with E-state index in [1.807, 2.05) is 23.5 Å². The van der Waals surface area contributed by atoms with Crippen LogP contribution in [0.25, 0.3) is 0 Å². The molecule has 0 aliphatic rings. The maximum atomic E-state index is 6.15. The van der Waals surface area contributed by atoms with Crippen LogP contribution in [0.3, 0.4) is 0 Å². The van der Waals surface area contributed by atoms with Gasteiger partial charge in [0.2, 0.25) is 0 Å². The van der Waals surface area contributed by atoms with Gasteiger partial charge in [-0.15, -0.1) is 22.9 Å². The van der Waals surface area contributed by atoms with Crippen molar-refractivity contribution in [3.05, 3.63) is 51.7 Å². The van der Waals surface area contributed by atoms with Crippen molar-refractivity contribution < 1.29 is 4.74 Å². The molecule has 1 aromatic carbocycles. The Morgan fingerprint density at radius 1 is 1.05 bits per heavy atom. The van der Waals surface area contributed by atoms with Gasteiger partial charge in [0.15, 0.2) is 0 Å². The molecule has 0 radical (unpaired) electrons. The van der Waals surface area contributed by atoms with Gasteiger partial charge in [0.1, 0.15) is 5.75 Å². The summed E-state index contributed by atoms with van der Waals surface area (Å²) in [5.41, 5.74) is 1.32. The summed E-state index contributed by atoms with van der Waals surface area (Å²) in [7, 11) is 1.69. The molecule has 1 heterocycles. The number of halogens is 1. The zero-order valence-corrected chi connectivity index (χ0v) is 13.6. The lowest BCUT2D eigenvalue weighted by molar-refractivity contribution is 0.414. The second-order valence-electron chi connectivity index (χ2n) is 5.00. The van der Waals surface area contributed by atoms with Crippen LogP contribution in [0, 0.1) is 5.92 Å². The fourth-order valence-electron chi connectivity index (χ4n) is 2.28. The molecule has 0 bridgehead atoms. The first-order valence-electron chi connectivity index (χ1n) is 7.01. The molecule has 0 aliphatic carbocycles. The van der Waals surface area contributed by atoms with Gasteiger partial charge in [0.25, 0.3) is 0 Å². The molecular formula is C17H21ClOS. The smallest absolute Gasteiger partial charge is 0.118 e. The number of benzene rings is 1. The van der Waals surface area contributed by atoms with E-state index >= 15 is 0 Å². The Bertz CT molecular complexity index is 518. The number of alkyl halides is 1. The fourth-order valence-corrected chi connectivity index (χ4v) is 3.57. The van der Waals surface area contributed by atoms with E-state index in [1.165, 1.54) is 15.3 Å². The zero-order valence-electron chi connectivity index (χ0n) is 12.1. The van der Waals surface area contributed by atoms with E-state index in [-0.39, 0.29) is 0 Å². The molecule has 0 fully saturated rings. The summed E-state index contributed by atoms with van der Waals surface area (Å²) < 4.78 is 5.19. The molecule has 0 saturated carbocycles. The van der Waals surface area contributed by atoms with Crippen LogP contribution in [0.4, 0.5) is 0 Å². The van der Waals surface area contributed by atoms with Crippen LogP contribution in [-0.4, -0.2) is 13.0 Å². The lowest BCUT2D eigenvalue weighted by Crippen LogP contribution is -2.09. The molecule has 1 unspecified atom stereocenters. The van der Waals surface area contributed by atoms with Gasteiger partial charge in [-0.1, -0.05) is 19.1 Å². The van der Waals surface area contributed by atoms with Gasteiger partial charge in [-0.2, -0.15) is 0 Å². The predicted octanol–water partition coefficient (Wildman–Crippen LogP) is 4.96. The van der Waals surface area contributed by atoms with Crippen molar-refractivity contribution in [2.24, 2.45) is 5.92 Å². The lowest BCUT2D eigenvalue weighted by atomic mass is 9.97. The second kappa shape index (κ2) is 7.70. The van der Waals surface area contributed by atoms with Gasteiger partial charge in [-0.05, 0) is 55.0 Å². The van der Waals surface area contributed by atoms with Gasteiger partial charge in [-0.25, -0.2) is 0 Å². The van der Waals surface area contributed by atoms with Crippen LogP contribution < -0.4 is 4.74 Å². The van der Waals surface area contributed by atoms with Gasteiger partial charge in [-0.3, -0.25) is 0 Å². The molecule has 3 heteroatoms. The third kappa shape index (κ3) is 4.26. The predicted molar refractivity (Wildman–Crippen MR) is 88.3 cm³/mol. The van der Waals surface area contributed by atoms with Crippen LogP contribution in [0.15, 0.2) is 36.4 Å². The van der Waals surface area contributed by atoms with Crippen LogP contribution in [-0.2, 0) is 19.3 Å². The largest absolute Gasteiger partial charge is 0.497 e. The van der Waals surface area contributed by atoms with Crippen LogP contribution in [0.2, 0.25) is 0 Å². The minimum absolute atomic E-state index is 0.494. The Kier molecular flexibility index (Phi) is 5.93. The summed E-state index contributed by atoms with van der Waals surface area (Å²) in [6.07, 6.45) is 3.21. The van der Waals surface area contributed by atoms with Crippen LogP contribution in [0.1, 0.15) is 22.2 Å². The van der Waals surface area contributed by atoms with Crippen LogP contribution in [0.5, 0.6) is 5.75 Å². The van der Waals surface area contributed by atoms with E-state index in [0.29, 0.717) is 11.8 Å². The topological polar surface area (TPSA) is 9.23 Å². The van der Waals surface area contributed by atoms with Gasteiger partial charge >= 0.3 is 0 Å². The zero-order chi connectivity index (χ0) is 14.4. The Morgan fingerprint density at radius 2 is 1.75 bits per heavy atom. The van der Waals surface area contributed by atoms with Gasteiger partial charge in [0.05, 0.1) is 7.11 Å². The average Bonchev–Trinajstić information content (AvgIpc) is 2.95. The maximum absolute atomic E-state index is 6.15. The second-order valence-corrected chi connectivity index (χ2v) is 6.56. The van der Waals surface area contributed by atoms with Crippen molar-refractivity contribution in [2.45, 2.75) is 26.2 Å². The van der Waals surface area contributed by atoms with E-state index in [9.17, 15) is 0 Å². The molecule has 2 rings (SSSR count). The third-order valence-electron chi connectivity index (χ3n) is 3.46. The highest BCUT2D eigenvalue weighted by molar-refractivity contribution is 7.11. The summed E-state index contributed by atoms with van der Waals surface area (Å²) in [6.45, 7) is 2.20. The number of aryl methyl sites for hydroxylation is 1. The van der Waals surface area contributed by atoms with E-state index in [0.717, 1.165) is 25.0 Å². The Labute approximate surface area is 130 Å². The van der Waals surface area contributed by atoms with Crippen molar-refractivity contribution in [2.75, 3.05) is 13.0 Å². The molecular weight excluding hydrogens is 288 g/mol. The summed E-state index contributed by atoms with van der Waals surface area (Å²) in [6, 6.07) is 12.8. The number of methoxy groups -OCH3 is 1. The molecule has 0 aliphatic heterocycles. The van der Waals surface area contributed by atoms with E-state index in [2.05, 4.69) is 31.2 Å². The standard InChI is InChI=1S/C17H21ClOS/c1-3-16-8-9-17(20-16)11-14(12-18)10-13-4-6-15(19-2)7-5-13/h4-9,14H,3,10-12H2,1-2H3. The maximum Gasteiger partial charge on any atom is 0.118 e. The molecule has 108 valence electrons. The first-order valence-corrected chi connectivity index (χ1v) is 8.36. The molecule has 1 aromatic heterocycles. The van der Waals surface area contributed by atoms with Crippen molar-refractivity contribution in [1.82, 2.24) is 0 Å². The van der Waals surface area contributed by atoms with Crippen molar-refractivity contribution >= 4 is 22.9 Å². The van der Waals surface area contributed by atoms with Crippen LogP contribution >= 0.6 is 22.9 Å². The molecule has 0 spiro atoms. The van der Waals surface area contributed by atoms with E-state index < -0.39 is 0 Å². The summed E-state index contributed by atoms with van der Waals surface area (Å²) in [5, 5.41) is 0. The number of hydrogen-bond acceptors (Lipinski definition) is 2. The van der Waals surface area contributed by atoms with Gasteiger partial charge in [0, 0.05) is 15.6 Å². The number of ether oxygens (including phenoxy) is 1. The fraction of sp³-hybridized carbons (Fsp3) is 0.412. The average molecular weight is 309 g/mol. The molecule has 0 amide bonds. The molecule has 2 aromatic rings. The quantitative estimate of drug-likeness (QED) is 0.657. The number of thiophene rings is 1. The minimum Gasteiger partial charge on any atom is -0.497 e. The summed E-state index contributed by atoms with van der Waals surface area (Å²) >= 11 is 8.06.